The van der Waals surface area contributed by atoms with Crippen LogP contribution in [0.5, 0.6) is 5.75 Å². The first-order chi connectivity index (χ1) is 11.6. The largest absolute Gasteiger partial charge is 0.573 e. The van der Waals surface area contributed by atoms with Gasteiger partial charge in [-0.25, -0.2) is 5.01 Å². The standard InChI is InChI=1S/C17H14ClF3N2OS/c1-16(2)23(13-7-9-14(10-8-13)24-17(19,20)21)22-15(25-16)11-3-5-12(18)6-4-11/h3-10H,1-2H3. The highest BCUT2D eigenvalue weighted by atomic mass is 35.5. The Hall–Kier alpha value is -1.86. The summed E-state index contributed by atoms with van der Waals surface area (Å²) in [6.07, 6.45) is -4.70. The van der Waals surface area contributed by atoms with Crippen molar-refractivity contribution in [1.82, 2.24) is 0 Å². The topological polar surface area (TPSA) is 24.8 Å². The lowest BCUT2D eigenvalue weighted by Crippen LogP contribution is -2.33. The van der Waals surface area contributed by atoms with E-state index in [1.807, 2.05) is 26.0 Å². The molecule has 0 amide bonds. The number of benzene rings is 2. The van der Waals surface area contributed by atoms with Crippen LogP contribution in [0.3, 0.4) is 0 Å². The quantitative estimate of drug-likeness (QED) is 0.657. The maximum Gasteiger partial charge on any atom is 0.573 e. The summed E-state index contributed by atoms with van der Waals surface area (Å²) < 4.78 is 40.7. The maximum atomic E-state index is 12.3. The second-order valence-corrected chi connectivity index (χ2v) is 7.84. The molecule has 0 spiro atoms. The van der Waals surface area contributed by atoms with Crippen molar-refractivity contribution >= 4 is 34.1 Å². The van der Waals surface area contributed by atoms with Crippen molar-refractivity contribution in [3.05, 3.63) is 59.1 Å². The third kappa shape index (κ3) is 4.22. The number of ether oxygens (including phenoxy) is 1. The molecule has 2 aromatic rings. The Bertz CT molecular complexity index is 789. The summed E-state index contributed by atoms with van der Waals surface area (Å²) in [7, 11) is 0. The molecule has 1 heterocycles. The normalized spacial score (nSPS) is 16.7. The van der Waals surface area contributed by atoms with Crippen LogP contribution in [0.25, 0.3) is 0 Å². The van der Waals surface area contributed by atoms with Crippen molar-refractivity contribution in [2.45, 2.75) is 25.1 Å². The molecule has 3 nitrogen and oxygen atoms in total. The van der Waals surface area contributed by atoms with E-state index in [4.69, 9.17) is 11.6 Å². The van der Waals surface area contributed by atoms with Crippen molar-refractivity contribution in [3.63, 3.8) is 0 Å². The van der Waals surface area contributed by atoms with E-state index in [0.717, 1.165) is 10.6 Å². The number of hydrazone groups is 1. The van der Waals surface area contributed by atoms with Gasteiger partial charge in [-0.2, -0.15) is 5.10 Å². The van der Waals surface area contributed by atoms with Gasteiger partial charge in [0.05, 0.1) is 5.69 Å². The predicted molar refractivity (Wildman–Crippen MR) is 95.3 cm³/mol. The van der Waals surface area contributed by atoms with Crippen LogP contribution in [0.4, 0.5) is 18.9 Å². The smallest absolute Gasteiger partial charge is 0.406 e. The van der Waals surface area contributed by atoms with Gasteiger partial charge in [-0.05, 0) is 50.2 Å². The summed E-state index contributed by atoms with van der Waals surface area (Å²) in [6.45, 7) is 3.98. The van der Waals surface area contributed by atoms with Crippen LogP contribution in [0.1, 0.15) is 19.4 Å². The van der Waals surface area contributed by atoms with Crippen LogP contribution in [0, 0.1) is 0 Å². The van der Waals surface area contributed by atoms with Crippen molar-refractivity contribution < 1.29 is 17.9 Å². The van der Waals surface area contributed by atoms with Gasteiger partial charge in [-0.15, -0.1) is 13.2 Å². The fraction of sp³-hybridized carbons (Fsp3) is 0.235. The number of rotatable bonds is 3. The van der Waals surface area contributed by atoms with Gasteiger partial charge in [0.15, 0.2) is 0 Å². The number of nitrogens with zero attached hydrogens (tertiary/aromatic N) is 2. The van der Waals surface area contributed by atoms with E-state index in [1.165, 1.54) is 12.1 Å². The molecule has 1 aliphatic rings. The fourth-order valence-corrected chi connectivity index (χ4v) is 3.59. The first-order valence-corrected chi connectivity index (χ1v) is 8.53. The van der Waals surface area contributed by atoms with E-state index in [2.05, 4.69) is 9.84 Å². The van der Waals surface area contributed by atoms with Gasteiger partial charge in [0, 0.05) is 10.6 Å². The highest BCUT2D eigenvalue weighted by Gasteiger charge is 2.37. The molecule has 1 aliphatic heterocycles. The third-order valence-electron chi connectivity index (χ3n) is 3.45. The van der Waals surface area contributed by atoms with Crippen molar-refractivity contribution in [3.8, 4) is 5.75 Å². The van der Waals surface area contributed by atoms with Gasteiger partial charge in [0.25, 0.3) is 0 Å². The first kappa shape index (κ1) is 17.9. The molecule has 0 saturated heterocycles. The molecule has 132 valence electrons. The molecule has 0 N–H and O–H groups in total. The SMILES string of the molecule is CC1(C)SC(c2ccc(Cl)cc2)=NN1c1ccc(OC(F)(F)F)cc1. The zero-order valence-corrected chi connectivity index (χ0v) is 14.9. The maximum absolute atomic E-state index is 12.3. The summed E-state index contributed by atoms with van der Waals surface area (Å²) in [5.74, 6) is -0.261. The lowest BCUT2D eigenvalue weighted by Gasteiger charge is -2.29. The van der Waals surface area contributed by atoms with Gasteiger partial charge in [-0.1, -0.05) is 35.5 Å². The number of hydrogen-bond donors (Lipinski definition) is 0. The Morgan fingerprint density at radius 3 is 2.20 bits per heavy atom. The average molecular weight is 387 g/mol. The lowest BCUT2D eigenvalue weighted by molar-refractivity contribution is -0.274. The molecule has 0 aromatic heterocycles. The molecule has 0 bridgehead atoms. The lowest BCUT2D eigenvalue weighted by atomic mass is 10.2. The molecule has 0 atom stereocenters. The number of alkyl halides is 3. The number of thioether (sulfide) groups is 1. The van der Waals surface area contributed by atoms with E-state index in [0.29, 0.717) is 10.7 Å². The monoisotopic (exact) mass is 386 g/mol. The second-order valence-electron chi connectivity index (χ2n) is 5.81. The van der Waals surface area contributed by atoms with Gasteiger partial charge >= 0.3 is 6.36 Å². The Morgan fingerprint density at radius 2 is 1.64 bits per heavy atom. The molecule has 8 heteroatoms. The van der Waals surface area contributed by atoms with Gasteiger partial charge in [0.1, 0.15) is 15.7 Å². The Kier molecular flexibility index (Phi) is 4.64. The summed E-state index contributed by atoms with van der Waals surface area (Å²) >= 11 is 7.48. The minimum Gasteiger partial charge on any atom is -0.406 e. The molecule has 2 aromatic carbocycles. The summed E-state index contributed by atoms with van der Waals surface area (Å²) in [5.41, 5.74) is 1.61. The Labute approximate surface area is 152 Å². The number of hydrogen-bond acceptors (Lipinski definition) is 4. The Balaban J connectivity index is 1.86. The number of anilines is 1. The predicted octanol–water partition coefficient (Wildman–Crippen LogP) is 5.89. The molecule has 0 unspecified atom stereocenters. The van der Waals surface area contributed by atoms with Crippen LogP contribution in [-0.2, 0) is 0 Å². The van der Waals surface area contributed by atoms with E-state index in [1.54, 1.807) is 41.0 Å². The van der Waals surface area contributed by atoms with Gasteiger partial charge in [0.2, 0.25) is 0 Å². The Morgan fingerprint density at radius 1 is 1.04 bits per heavy atom. The van der Waals surface area contributed by atoms with Crippen LogP contribution in [-0.4, -0.2) is 16.3 Å². The van der Waals surface area contributed by atoms with E-state index < -0.39 is 6.36 Å². The third-order valence-corrected chi connectivity index (χ3v) is 4.89. The van der Waals surface area contributed by atoms with E-state index >= 15 is 0 Å². The van der Waals surface area contributed by atoms with Crippen LogP contribution < -0.4 is 9.75 Å². The zero-order valence-electron chi connectivity index (χ0n) is 13.3. The van der Waals surface area contributed by atoms with Gasteiger partial charge in [-0.3, -0.25) is 0 Å². The van der Waals surface area contributed by atoms with Crippen molar-refractivity contribution in [2.75, 3.05) is 5.01 Å². The van der Waals surface area contributed by atoms with Crippen LogP contribution in [0.15, 0.2) is 53.6 Å². The van der Waals surface area contributed by atoms with Crippen molar-refractivity contribution in [1.29, 1.82) is 0 Å². The molecule has 0 fully saturated rings. The first-order valence-electron chi connectivity index (χ1n) is 7.34. The van der Waals surface area contributed by atoms with Crippen LogP contribution >= 0.6 is 23.4 Å². The minimum atomic E-state index is -4.70. The highest BCUT2D eigenvalue weighted by molar-refractivity contribution is 8.15. The van der Waals surface area contributed by atoms with Crippen molar-refractivity contribution in [2.24, 2.45) is 5.10 Å². The molecule has 0 radical (unpaired) electrons. The van der Waals surface area contributed by atoms with E-state index in [9.17, 15) is 13.2 Å². The summed E-state index contributed by atoms with van der Waals surface area (Å²) in [5, 5.41) is 7.86. The zero-order chi connectivity index (χ0) is 18.2. The van der Waals surface area contributed by atoms with Gasteiger partial charge < -0.3 is 4.74 Å². The fourth-order valence-electron chi connectivity index (χ4n) is 2.38. The molecular weight excluding hydrogens is 373 g/mol. The second kappa shape index (κ2) is 6.46. The van der Waals surface area contributed by atoms with E-state index in [-0.39, 0.29) is 10.6 Å². The average Bonchev–Trinajstić information content (AvgIpc) is 2.83. The minimum absolute atomic E-state index is 0.261. The molecule has 3 rings (SSSR count). The van der Waals surface area contributed by atoms with Crippen LogP contribution in [0.2, 0.25) is 5.02 Å². The summed E-state index contributed by atoms with van der Waals surface area (Å²) in [4.78, 5) is -0.388. The highest BCUT2D eigenvalue weighted by Crippen LogP contribution is 2.42. The number of halogens is 4. The molecule has 0 aliphatic carbocycles. The molecular formula is C17H14ClF3N2OS. The summed E-state index contributed by atoms with van der Waals surface area (Å²) in [6, 6.07) is 13.0. The molecule has 0 saturated carbocycles. The molecule has 25 heavy (non-hydrogen) atoms.